The molecule has 0 spiro atoms. The molecular formula is C25H34N4O4. The maximum Gasteiger partial charge on any atom is 0.410 e. The van der Waals surface area contributed by atoms with E-state index < -0.39 is 5.60 Å². The van der Waals surface area contributed by atoms with Crippen molar-refractivity contribution >= 4 is 6.09 Å². The van der Waals surface area contributed by atoms with Crippen LogP contribution in [-0.2, 0) is 24.2 Å². The number of carbonyl (C=O) groups is 1. The monoisotopic (exact) mass is 454 g/mol. The molecule has 0 radical (unpaired) electrons. The molecule has 8 heteroatoms. The van der Waals surface area contributed by atoms with Gasteiger partial charge < -0.3 is 19.1 Å². The number of fused-ring (bicyclic) bond motifs is 1. The van der Waals surface area contributed by atoms with Crippen LogP contribution in [0.25, 0.3) is 0 Å². The Kier molecular flexibility index (Phi) is 7.02. The molecule has 2 aromatic rings. The Hall–Kier alpha value is -2.87. The highest BCUT2D eigenvalue weighted by molar-refractivity contribution is 5.69. The van der Waals surface area contributed by atoms with Gasteiger partial charge >= 0.3 is 12.1 Å². The van der Waals surface area contributed by atoms with E-state index in [1.165, 1.54) is 5.56 Å². The molecule has 1 aromatic heterocycles. The summed E-state index contributed by atoms with van der Waals surface area (Å²) >= 11 is 0. The molecule has 1 saturated heterocycles. The Morgan fingerprint density at radius 2 is 1.94 bits per heavy atom. The number of aromatic nitrogens is 2. The second kappa shape index (κ2) is 9.95. The SMILES string of the molecule is COc1nc(OC[C@@H]2CCCN2C(=O)OC(C)(C)C)nc2c1CCN(Cc1ccccc1)C2. The molecule has 4 rings (SSSR count). The van der Waals surface area contributed by atoms with E-state index in [2.05, 4.69) is 34.1 Å². The summed E-state index contributed by atoms with van der Waals surface area (Å²) in [5.74, 6) is 0.574. The summed E-state index contributed by atoms with van der Waals surface area (Å²) < 4.78 is 17.1. The molecule has 2 aliphatic rings. The summed E-state index contributed by atoms with van der Waals surface area (Å²) in [5, 5.41) is 0. The number of ether oxygens (including phenoxy) is 3. The fraction of sp³-hybridized carbons (Fsp3) is 0.560. The van der Waals surface area contributed by atoms with Gasteiger partial charge in [-0.15, -0.1) is 0 Å². The van der Waals surface area contributed by atoms with E-state index in [4.69, 9.17) is 19.2 Å². The molecule has 0 aliphatic carbocycles. The molecule has 1 atom stereocenters. The Labute approximate surface area is 195 Å². The van der Waals surface area contributed by atoms with E-state index in [1.54, 1.807) is 12.0 Å². The van der Waals surface area contributed by atoms with Crippen molar-refractivity contribution in [3.05, 3.63) is 47.2 Å². The van der Waals surface area contributed by atoms with E-state index in [9.17, 15) is 4.79 Å². The van der Waals surface area contributed by atoms with Gasteiger partial charge in [0.1, 0.15) is 12.2 Å². The van der Waals surface area contributed by atoms with Crippen LogP contribution in [0, 0.1) is 0 Å². The van der Waals surface area contributed by atoms with Crippen molar-refractivity contribution in [1.82, 2.24) is 19.8 Å². The van der Waals surface area contributed by atoms with Crippen LogP contribution in [0.15, 0.2) is 30.3 Å². The Balaban J connectivity index is 1.42. The number of benzene rings is 1. The van der Waals surface area contributed by atoms with Crippen LogP contribution in [0.4, 0.5) is 4.79 Å². The summed E-state index contributed by atoms with van der Waals surface area (Å²) in [6.45, 7) is 9.14. The quantitative estimate of drug-likeness (QED) is 0.657. The average molecular weight is 455 g/mol. The molecule has 178 valence electrons. The second-order valence-corrected chi connectivity index (χ2v) is 9.67. The maximum absolute atomic E-state index is 12.6. The minimum Gasteiger partial charge on any atom is -0.481 e. The highest BCUT2D eigenvalue weighted by atomic mass is 16.6. The predicted octanol–water partition coefficient (Wildman–Crippen LogP) is 3.82. The molecule has 0 bridgehead atoms. The van der Waals surface area contributed by atoms with Crippen molar-refractivity contribution in [3.8, 4) is 11.9 Å². The van der Waals surface area contributed by atoms with Crippen LogP contribution in [0.2, 0.25) is 0 Å². The summed E-state index contributed by atoms with van der Waals surface area (Å²) in [5.41, 5.74) is 2.74. The number of methoxy groups -OCH3 is 1. The lowest BCUT2D eigenvalue weighted by Gasteiger charge is -2.29. The second-order valence-electron chi connectivity index (χ2n) is 9.67. The summed E-state index contributed by atoms with van der Waals surface area (Å²) in [7, 11) is 1.63. The zero-order chi connectivity index (χ0) is 23.4. The van der Waals surface area contributed by atoms with Gasteiger partial charge in [-0.2, -0.15) is 9.97 Å². The van der Waals surface area contributed by atoms with Gasteiger partial charge in [0.25, 0.3) is 0 Å². The van der Waals surface area contributed by atoms with Crippen molar-refractivity contribution in [2.75, 3.05) is 26.8 Å². The number of carbonyl (C=O) groups excluding carboxylic acids is 1. The Morgan fingerprint density at radius 1 is 1.15 bits per heavy atom. The van der Waals surface area contributed by atoms with Gasteiger partial charge in [-0.05, 0) is 45.6 Å². The molecule has 33 heavy (non-hydrogen) atoms. The summed E-state index contributed by atoms with van der Waals surface area (Å²) in [6.07, 6.45) is 2.33. The fourth-order valence-corrected chi connectivity index (χ4v) is 4.38. The number of nitrogens with zero attached hydrogens (tertiary/aromatic N) is 4. The normalized spacial score (nSPS) is 18.7. The third-order valence-corrected chi connectivity index (χ3v) is 5.94. The van der Waals surface area contributed by atoms with Gasteiger partial charge in [-0.25, -0.2) is 4.79 Å². The minimum absolute atomic E-state index is 0.0555. The van der Waals surface area contributed by atoms with Crippen molar-refractivity contribution in [2.45, 2.75) is 64.8 Å². The van der Waals surface area contributed by atoms with Crippen LogP contribution in [0.3, 0.4) is 0 Å². The molecule has 8 nitrogen and oxygen atoms in total. The van der Waals surface area contributed by atoms with Crippen molar-refractivity contribution < 1.29 is 19.0 Å². The molecular weight excluding hydrogens is 420 g/mol. The van der Waals surface area contributed by atoms with Crippen molar-refractivity contribution in [2.24, 2.45) is 0 Å². The van der Waals surface area contributed by atoms with Crippen LogP contribution in [-0.4, -0.2) is 64.3 Å². The number of amides is 1. The third-order valence-electron chi connectivity index (χ3n) is 5.94. The van der Waals surface area contributed by atoms with Gasteiger partial charge in [0, 0.05) is 31.7 Å². The summed E-state index contributed by atoms with van der Waals surface area (Å²) in [4.78, 5) is 25.9. The highest BCUT2D eigenvalue weighted by Crippen LogP contribution is 2.28. The van der Waals surface area contributed by atoms with Gasteiger partial charge in [0.05, 0.1) is 18.8 Å². The lowest BCUT2D eigenvalue weighted by atomic mass is 10.1. The zero-order valence-electron chi connectivity index (χ0n) is 20.0. The van der Waals surface area contributed by atoms with Crippen molar-refractivity contribution in [3.63, 3.8) is 0 Å². The van der Waals surface area contributed by atoms with Crippen LogP contribution < -0.4 is 9.47 Å². The molecule has 1 fully saturated rings. The largest absolute Gasteiger partial charge is 0.481 e. The van der Waals surface area contributed by atoms with E-state index in [0.717, 1.165) is 43.6 Å². The first-order chi connectivity index (χ1) is 15.8. The van der Waals surface area contributed by atoms with E-state index in [-0.39, 0.29) is 12.1 Å². The number of likely N-dealkylation sites (tertiary alicyclic amines) is 1. The number of rotatable bonds is 6. The van der Waals surface area contributed by atoms with E-state index in [1.807, 2.05) is 26.8 Å². The number of hydrogen-bond acceptors (Lipinski definition) is 7. The van der Waals surface area contributed by atoms with Crippen LogP contribution in [0.1, 0.15) is 50.4 Å². The van der Waals surface area contributed by atoms with Crippen LogP contribution in [0.5, 0.6) is 11.9 Å². The first kappa shape index (κ1) is 23.3. The summed E-state index contributed by atoms with van der Waals surface area (Å²) in [6, 6.07) is 10.7. The predicted molar refractivity (Wildman–Crippen MR) is 124 cm³/mol. The third kappa shape index (κ3) is 5.93. The zero-order valence-corrected chi connectivity index (χ0v) is 20.0. The molecule has 0 unspecified atom stereocenters. The first-order valence-corrected chi connectivity index (χ1v) is 11.6. The highest BCUT2D eigenvalue weighted by Gasteiger charge is 2.33. The van der Waals surface area contributed by atoms with E-state index >= 15 is 0 Å². The molecule has 0 saturated carbocycles. The average Bonchev–Trinajstić information content (AvgIpc) is 3.25. The van der Waals surface area contributed by atoms with Gasteiger partial charge in [-0.3, -0.25) is 4.90 Å². The molecule has 0 N–H and O–H groups in total. The standard InChI is InChI=1S/C25H34N4O4/c1-25(2,3)33-24(30)29-13-8-11-19(29)17-32-23-26-21-16-28(15-18-9-6-5-7-10-18)14-12-20(21)22(27-23)31-4/h5-7,9-10,19H,8,11-17H2,1-4H3/t19-/m0/s1. The van der Waals surface area contributed by atoms with Crippen LogP contribution >= 0.6 is 0 Å². The number of hydrogen-bond donors (Lipinski definition) is 0. The molecule has 1 amide bonds. The first-order valence-electron chi connectivity index (χ1n) is 11.6. The molecule has 3 heterocycles. The van der Waals surface area contributed by atoms with Gasteiger partial charge in [-0.1, -0.05) is 30.3 Å². The topological polar surface area (TPSA) is 77.0 Å². The van der Waals surface area contributed by atoms with Gasteiger partial charge in [0.2, 0.25) is 5.88 Å². The van der Waals surface area contributed by atoms with E-state index in [0.29, 0.717) is 31.6 Å². The molecule has 1 aromatic carbocycles. The minimum atomic E-state index is -0.522. The maximum atomic E-state index is 12.6. The Morgan fingerprint density at radius 3 is 2.67 bits per heavy atom. The lowest BCUT2D eigenvalue weighted by Crippen LogP contribution is -2.42. The smallest absolute Gasteiger partial charge is 0.410 e. The molecule has 2 aliphatic heterocycles. The van der Waals surface area contributed by atoms with Crippen molar-refractivity contribution in [1.29, 1.82) is 0 Å². The lowest BCUT2D eigenvalue weighted by molar-refractivity contribution is 0.0183. The fourth-order valence-electron chi connectivity index (χ4n) is 4.38. The Bertz CT molecular complexity index is 961. The van der Waals surface area contributed by atoms with Gasteiger partial charge in [0.15, 0.2) is 0 Å².